The van der Waals surface area contributed by atoms with Crippen molar-refractivity contribution in [1.82, 2.24) is 0 Å². The molecule has 1 aliphatic rings. The molecular weight excluding hydrogens is 344 g/mol. The number of anilines is 1. The van der Waals surface area contributed by atoms with Gasteiger partial charge in [0.05, 0.1) is 13.2 Å². The van der Waals surface area contributed by atoms with E-state index in [1.807, 2.05) is 0 Å². The van der Waals surface area contributed by atoms with Crippen LogP contribution >= 0.6 is 0 Å². The van der Waals surface area contributed by atoms with Crippen molar-refractivity contribution in [3.8, 4) is 0 Å². The van der Waals surface area contributed by atoms with Crippen LogP contribution in [0.5, 0.6) is 0 Å². The first-order valence-corrected chi connectivity index (χ1v) is 8.51. The summed E-state index contributed by atoms with van der Waals surface area (Å²) in [5.74, 6) is 0. The van der Waals surface area contributed by atoms with E-state index < -0.39 is 47.6 Å². The Bertz CT molecular complexity index is 653. The smallest absolute Gasteiger partial charge is 0.333 e. The molecule has 0 amide bonds. The molecule has 24 heavy (non-hydrogen) atoms. The molecule has 2 rings (SSSR count). The second kappa shape index (κ2) is 7.72. The van der Waals surface area contributed by atoms with E-state index in [1.165, 1.54) is 6.07 Å². The van der Waals surface area contributed by atoms with Crippen LogP contribution in [-0.4, -0.2) is 66.1 Å². The van der Waals surface area contributed by atoms with Crippen LogP contribution in [0.2, 0.25) is 0 Å². The first-order valence-electron chi connectivity index (χ1n) is 7.04. The van der Waals surface area contributed by atoms with Gasteiger partial charge in [0.15, 0.2) is 6.23 Å². The average molecular weight is 364 g/mol. The normalized spacial score (nSPS) is 31.0. The van der Waals surface area contributed by atoms with Gasteiger partial charge in [-0.1, -0.05) is 12.1 Å². The van der Waals surface area contributed by atoms with Crippen LogP contribution in [0.4, 0.5) is 5.69 Å². The van der Waals surface area contributed by atoms with Crippen LogP contribution in [-0.2, 0) is 25.8 Å². The molecule has 0 aromatic heterocycles. The molecule has 0 spiro atoms. The quantitative estimate of drug-likeness (QED) is 0.322. The molecule has 11 heteroatoms. The Kier molecular flexibility index (Phi) is 6.11. The summed E-state index contributed by atoms with van der Waals surface area (Å²) in [5.41, 5.74) is 0.925. The summed E-state index contributed by atoms with van der Waals surface area (Å²) < 4.78 is 31.4. The van der Waals surface area contributed by atoms with Crippen molar-refractivity contribution in [1.29, 1.82) is 0 Å². The van der Waals surface area contributed by atoms with E-state index in [0.717, 1.165) is 0 Å². The Hall–Kier alpha value is -1.31. The van der Waals surface area contributed by atoms with Crippen LogP contribution in [0.25, 0.3) is 0 Å². The van der Waals surface area contributed by atoms with Gasteiger partial charge >= 0.3 is 10.3 Å². The summed E-state index contributed by atoms with van der Waals surface area (Å²) in [6, 6.07) is 6.35. The van der Waals surface area contributed by atoms with Gasteiger partial charge in [-0.3, -0.25) is 4.18 Å². The number of nitrogens with two attached hydrogens (primary N) is 1. The third-order valence-electron chi connectivity index (χ3n) is 3.52. The second-order valence-electron chi connectivity index (χ2n) is 5.35. The van der Waals surface area contributed by atoms with Crippen molar-refractivity contribution in [2.24, 2.45) is 5.14 Å². The molecule has 0 bridgehead atoms. The number of rotatable bonds is 6. The molecule has 1 fully saturated rings. The van der Waals surface area contributed by atoms with E-state index in [9.17, 15) is 23.7 Å². The average Bonchev–Trinajstić information content (AvgIpc) is 2.53. The summed E-state index contributed by atoms with van der Waals surface area (Å²) in [5, 5.41) is 46.1. The van der Waals surface area contributed by atoms with E-state index in [-0.39, 0.29) is 6.61 Å². The number of hydrogen-bond acceptors (Lipinski definition) is 9. The summed E-state index contributed by atoms with van der Waals surface area (Å²) in [6.45, 7) is -0.811. The highest BCUT2D eigenvalue weighted by Crippen LogP contribution is 2.23. The zero-order valence-corrected chi connectivity index (χ0v) is 13.3. The maximum Gasteiger partial charge on any atom is 0.333 e. The lowest BCUT2D eigenvalue weighted by Crippen LogP contribution is -2.60. The number of benzene rings is 1. The Balaban J connectivity index is 2.07. The molecular formula is C13H20N2O8S. The second-order valence-corrected chi connectivity index (χ2v) is 6.57. The van der Waals surface area contributed by atoms with Gasteiger partial charge in [0.2, 0.25) is 0 Å². The number of hydrogen-bond donors (Lipinski definition) is 6. The zero-order valence-electron chi connectivity index (χ0n) is 12.5. The number of aliphatic hydroxyl groups is 4. The molecule has 10 nitrogen and oxygen atoms in total. The minimum atomic E-state index is -4.07. The molecule has 7 N–H and O–H groups in total. The topological polar surface area (TPSA) is 172 Å². The minimum Gasteiger partial charge on any atom is -0.394 e. The van der Waals surface area contributed by atoms with Gasteiger partial charge in [0, 0.05) is 5.69 Å². The summed E-state index contributed by atoms with van der Waals surface area (Å²) in [4.78, 5) is 0. The fourth-order valence-electron chi connectivity index (χ4n) is 2.29. The van der Waals surface area contributed by atoms with Crippen molar-refractivity contribution in [2.75, 3.05) is 11.9 Å². The van der Waals surface area contributed by atoms with Gasteiger partial charge in [-0.2, -0.15) is 8.42 Å². The van der Waals surface area contributed by atoms with E-state index in [0.29, 0.717) is 11.3 Å². The van der Waals surface area contributed by atoms with Gasteiger partial charge < -0.3 is 30.5 Å². The minimum absolute atomic E-state index is 0.275. The van der Waals surface area contributed by atoms with Crippen LogP contribution in [0.1, 0.15) is 5.56 Å². The lowest BCUT2D eigenvalue weighted by atomic mass is 9.98. The SMILES string of the molecule is NS(=O)(=O)OCc1cccc(N[C@@H]2O[C@H](CO)[C@@H](O)[C@H](O)[C@H]2O)c1. The predicted octanol–water partition coefficient (Wildman–Crippen LogP) is -2.38. The Morgan fingerprint density at radius 1 is 1.21 bits per heavy atom. The lowest BCUT2D eigenvalue weighted by molar-refractivity contribution is -0.221. The van der Waals surface area contributed by atoms with Gasteiger partial charge in [0.1, 0.15) is 24.4 Å². The van der Waals surface area contributed by atoms with Crippen molar-refractivity contribution < 1.29 is 37.8 Å². The Morgan fingerprint density at radius 2 is 1.92 bits per heavy atom. The maximum absolute atomic E-state index is 10.8. The Morgan fingerprint density at radius 3 is 2.54 bits per heavy atom. The summed E-state index contributed by atoms with van der Waals surface area (Å²) in [7, 11) is -4.07. The van der Waals surface area contributed by atoms with E-state index in [1.54, 1.807) is 18.2 Å². The molecule has 0 unspecified atom stereocenters. The fourth-order valence-corrected chi connectivity index (χ4v) is 2.59. The molecule has 1 saturated heterocycles. The predicted molar refractivity (Wildman–Crippen MR) is 81.7 cm³/mol. The van der Waals surface area contributed by atoms with Crippen molar-refractivity contribution in [3.05, 3.63) is 29.8 Å². The first-order chi connectivity index (χ1) is 11.2. The van der Waals surface area contributed by atoms with E-state index in [2.05, 4.69) is 9.50 Å². The van der Waals surface area contributed by atoms with Crippen molar-refractivity contribution >= 4 is 16.0 Å². The van der Waals surface area contributed by atoms with Crippen LogP contribution in [0, 0.1) is 0 Å². The van der Waals surface area contributed by atoms with Gasteiger partial charge in [-0.25, -0.2) is 5.14 Å². The monoisotopic (exact) mass is 364 g/mol. The molecule has 0 aliphatic carbocycles. The van der Waals surface area contributed by atoms with E-state index >= 15 is 0 Å². The van der Waals surface area contributed by atoms with Crippen molar-refractivity contribution in [3.63, 3.8) is 0 Å². The molecule has 1 aromatic carbocycles. The molecule has 1 aromatic rings. The molecule has 5 atom stereocenters. The number of aliphatic hydroxyl groups excluding tert-OH is 4. The zero-order chi connectivity index (χ0) is 17.9. The number of nitrogens with one attached hydrogen (secondary N) is 1. The third kappa shape index (κ3) is 4.84. The highest BCUT2D eigenvalue weighted by molar-refractivity contribution is 7.84. The van der Waals surface area contributed by atoms with Crippen molar-refractivity contribution in [2.45, 2.75) is 37.3 Å². The largest absolute Gasteiger partial charge is 0.394 e. The van der Waals surface area contributed by atoms with Gasteiger partial charge in [-0.15, -0.1) is 0 Å². The van der Waals surface area contributed by atoms with E-state index in [4.69, 9.17) is 15.0 Å². The first kappa shape index (κ1) is 19.0. The Labute approximate surface area is 138 Å². The van der Waals surface area contributed by atoms with Gasteiger partial charge in [0.25, 0.3) is 0 Å². The highest BCUT2D eigenvalue weighted by Gasteiger charge is 2.43. The molecule has 1 heterocycles. The molecule has 0 radical (unpaired) electrons. The highest BCUT2D eigenvalue weighted by atomic mass is 32.2. The molecule has 136 valence electrons. The van der Waals surface area contributed by atoms with Gasteiger partial charge in [-0.05, 0) is 17.7 Å². The third-order valence-corrected chi connectivity index (χ3v) is 3.96. The van der Waals surface area contributed by atoms with Crippen LogP contribution in [0.3, 0.4) is 0 Å². The maximum atomic E-state index is 10.8. The molecule has 1 aliphatic heterocycles. The summed E-state index contributed by atoms with van der Waals surface area (Å²) in [6.07, 6.45) is -6.50. The fraction of sp³-hybridized carbons (Fsp3) is 0.538. The lowest BCUT2D eigenvalue weighted by Gasteiger charge is -2.40. The van der Waals surface area contributed by atoms with Crippen LogP contribution < -0.4 is 10.5 Å². The summed E-state index contributed by atoms with van der Waals surface area (Å²) >= 11 is 0. The van der Waals surface area contributed by atoms with Crippen LogP contribution in [0.15, 0.2) is 24.3 Å². The number of ether oxygens (including phenoxy) is 1. The standard InChI is InChI=1S/C13H20N2O8S/c14-24(20,21)22-6-7-2-1-3-8(4-7)15-13-12(19)11(18)10(17)9(5-16)23-13/h1-4,9-13,15-19H,5-6H2,(H2,14,20,21)/t9-,10-,11+,12-,13-/m1/s1. The molecule has 0 saturated carbocycles.